The van der Waals surface area contributed by atoms with Crippen LogP contribution in [0.2, 0.25) is 0 Å². The maximum Gasteiger partial charge on any atom is 0.328 e. The van der Waals surface area contributed by atoms with E-state index >= 15 is 0 Å². The number of amides is 1. The van der Waals surface area contributed by atoms with Crippen LogP contribution >= 0.6 is 0 Å². The maximum atomic E-state index is 12.3. The fourth-order valence-corrected chi connectivity index (χ4v) is 4.12. The predicted molar refractivity (Wildman–Crippen MR) is 108 cm³/mol. The molecule has 0 aromatic heterocycles. The summed E-state index contributed by atoms with van der Waals surface area (Å²) < 4.78 is 31.5. The van der Waals surface area contributed by atoms with Crippen molar-refractivity contribution in [1.29, 1.82) is 0 Å². The normalized spacial score (nSPS) is 16.6. The SMILES string of the molecule is Cc1ccc(NC(=O)[C@H](C)OC(=O)CN=C2NS(=O)(=O)c3ccccc32)c(C)c1. The second-order valence-corrected chi connectivity index (χ2v) is 8.36. The molecule has 0 bridgehead atoms. The molecule has 8 nitrogen and oxygen atoms in total. The summed E-state index contributed by atoms with van der Waals surface area (Å²) in [6.07, 6.45) is -1.03. The van der Waals surface area contributed by atoms with Crippen molar-refractivity contribution >= 4 is 33.4 Å². The molecule has 0 aliphatic carbocycles. The van der Waals surface area contributed by atoms with Gasteiger partial charge in [0.1, 0.15) is 12.4 Å². The summed E-state index contributed by atoms with van der Waals surface area (Å²) in [6, 6.07) is 11.9. The first kappa shape index (κ1) is 20.5. The topological polar surface area (TPSA) is 114 Å². The summed E-state index contributed by atoms with van der Waals surface area (Å²) >= 11 is 0. The lowest BCUT2D eigenvalue weighted by molar-refractivity contribution is -0.151. The minimum absolute atomic E-state index is 0.0740. The molecule has 0 spiro atoms. The number of ether oxygens (including phenoxy) is 1. The van der Waals surface area contributed by atoms with Gasteiger partial charge in [0.05, 0.1) is 4.90 Å². The number of anilines is 1. The van der Waals surface area contributed by atoms with Crippen molar-refractivity contribution in [3.8, 4) is 0 Å². The number of aryl methyl sites for hydroxylation is 2. The van der Waals surface area contributed by atoms with Crippen LogP contribution in [-0.4, -0.2) is 38.8 Å². The second kappa shape index (κ2) is 8.04. The van der Waals surface area contributed by atoms with Crippen LogP contribution in [-0.2, 0) is 24.3 Å². The highest BCUT2D eigenvalue weighted by molar-refractivity contribution is 7.90. The minimum atomic E-state index is -3.68. The van der Waals surface area contributed by atoms with Crippen LogP contribution in [0.1, 0.15) is 23.6 Å². The van der Waals surface area contributed by atoms with E-state index in [9.17, 15) is 18.0 Å². The molecule has 9 heteroatoms. The van der Waals surface area contributed by atoms with Crippen molar-refractivity contribution in [3.63, 3.8) is 0 Å². The van der Waals surface area contributed by atoms with Gasteiger partial charge in [0, 0.05) is 11.3 Å². The van der Waals surface area contributed by atoms with Crippen molar-refractivity contribution in [2.45, 2.75) is 31.8 Å². The quantitative estimate of drug-likeness (QED) is 0.724. The van der Waals surface area contributed by atoms with E-state index in [1.807, 2.05) is 26.0 Å². The van der Waals surface area contributed by atoms with E-state index in [2.05, 4.69) is 15.0 Å². The predicted octanol–water partition coefficient (Wildman–Crippen LogP) is 1.91. The summed E-state index contributed by atoms with van der Waals surface area (Å²) in [6.45, 7) is 4.86. The zero-order valence-electron chi connectivity index (χ0n) is 16.2. The van der Waals surface area contributed by atoms with Crippen LogP contribution in [0.15, 0.2) is 52.4 Å². The third-order valence-electron chi connectivity index (χ3n) is 4.35. The molecule has 3 rings (SSSR count). The van der Waals surface area contributed by atoms with E-state index < -0.39 is 34.5 Å². The minimum Gasteiger partial charge on any atom is -0.451 e. The van der Waals surface area contributed by atoms with Crippen molar-refractivity contribution in [2.75, 3.05) is 11.9 Å². The molecule has 0 unspecified atom stereocenters. The average Bonchev–Trinajstić information content (AvgIpc) is 2.93. The van der Waals surface area contributed by atoms with Crippen LogP contribution in [0, 0.1) is 13.8 Å². The van der Waals surface area contributed by atoms with Gasteiger partial charge in [-0.05, 0) is 44.5 Å². The zero-order valence-corrected chi connectivity index (χ0v) is 17.0. The summed E-state index contributed by atoms with van der Waals surface area (Å²) in [5.41, 5.74) is 3.00. The van der Waals surface area contributed by atoms with Crippen LogP contribution in [0.4, 0.5) is 5.69 Å². The van der Waals surface area contributed by atoms with Gasteiger partial charge < -0.3 is 10.1 Å². The van der Waals surface area contributed by atoms with E-state index in [0.717, 1.165) is 11.1 Å². The highest BCUT2D eigenvalue weighted by atomic mass is 32.2. The molecule has 2 N–H and O–H groups in total. The Bertz CT molecular complexity index is 1110. The Kier molecular flexibility index (Phi) is 5.69. The van der Waals surface area contributed by atoms with Gasteiger partial charge in [-0.2, -0.15) is 0 Å². The largest absolute Gasteiger partial charge is 0.451 e. The van der Waals surface area contributed by atoms with E-state index in [1.165, 1.54) is 13.0 Å². The Morgan fingerprint density at radius 2 is 1.90 bits per heavy atom. The molecule has 1 aliphatic heterocycles. The average molecular weight is 415 g/mol. The van der Waals surface area contributed by atoms with Crippen molar-refractivity contribution in [3.05, 3.63) is 59.2 Å². The third-order valence-corrected chi connectivity index (χ3v) is 5.74. The lowest BCUT2D eigenvalue weighted by atomic mass is 10.1. The fourth-order valence-electron chi connectivity index (χ4n) is 2.87. The van der Waals surface area contributed by atoms with E-state index in [1.54, 1.807) is 24.3 Å². The van der Waals surface area contributed by atoms with Gasteiger partial charge in [-0.25, -0.2) is 8.42 Å². The van der Waals surface area contributed by atoms with Crippen LogP contribution in [0.25, 0.3) is 0 Å². The summed E-state index contributed by atoms with van der Waals surface area (Å²) in [4.78, 5) is 28.4. The van der Waals surface area contributed by atoms with E-state index in [0.29, 0.717) is 11.3 Å². The van der Waals surface area contributed by atoms with Crippen molar-refractivity contribution in [1.82, 2.24) is 4.72 Å². The van der Waals surface area contributed by atoms with Gasteiger partial charge in [-0.1, -0.05) is 29.8 Å². The number of rotatable bonds is 5. The van der Waals surface area contributed by atoms with Crippen LogP contribution < -0.4 is 10.0 Å². The second-order valence-electron chi connectivity index (χ2n) is 6.71. The molecule has 0 saturated carbocycles. The van der Waals surface area contributed by atoms with Gasteiger partial charge in [0.15, 0.2) is 6.10 Å². The number of fused-ring (bicyclic) bond motifs is 1. The Morgan fingerprint density at radius 3 is 2.62 bits per heavy atom. The smallest absolute Gasteiger partial charge is 0.328 e. The molecule has 29 heavy (non-hydrogen) atoms. The number of hydrogen-bond donors (Lipinski definition) is 2. The summed E-state index contributed by atoms with van der Waals surface area (Å²) in [5, 5.41) is 2.72. The standard InChI is InChI=1S/C20H21N3O5S/c1-12-8-9-16(13(2)10-12)22-20(25)14(3)28-18(24)11-21-19-15-6-4-5-7-17(15)29(26,27)23-19/h4-10,14H,11H2,1-3H3,(H,21,23)(H,22,25)/t14-/m0/s1. The lowest BCUT2D eigenvalue weighted by Gasteiger charge is -2.14. The van der Waals surface area contributed by atoms with Gasteiger partial charge in [-0.15, -0.1) is 0 Å². The summed E-state index contributed by atoms with van der Waals surface area (Å²) in [5.74, 6) is -1.14. The molecule has 2 aromatic carbocycles. The van der Waals surface area contributed by atoms with Gasteiger partial charge in [-0.3, -0.25) is 19.3 Å². The van der Waals surface area contributed by atoms with E-state index in [-0.39, 0.29) is 10.7 Å². The Balaban J connectivity index is 1.61. The molecular formula is C20H21N3O5S. The summed E-state index contributed by atoms with van der Waals surface area (Å²) in [7, 11) is -3.68. The third kappa shape index (κ3) is 4.62. The van der Waals surface area contributed by atoms with Gasteiger partial charge in [0.25, 0.3) is 15.9 Å². The number of carbonyl (C=O) groups is 2. The van der Waals surface area contributed by atoms with Crippen molar-refractivity contribution in [2.24, 2.45) is 4.99 Å². The van der Waals surface area contributed by atoms with E-state index in [4.69, 9.17) is 4.74 Å². The molecule has 2 aromatic rings. The molecule has 1 atom stereocenters. The highest BCUT2D eigenvalue weighted by Gasteiger charge is 2.30. The number of sulfonamides is 1. The number of nitrogens with one attached hydrogen (secondary N) is 2. The number of hydrogen-bond acceptors (Lipinski definition) is 6. The first-order valence-electron chi connectivity index (χ1n) is 8.91. The molecule has 0 radical (unpaired) electrons. The number of amidine groups is 1. The Hall–Kier alpha value is -3.20. The number of benzene rings is 2. The molecule has 1 heterocycles. The highest BCUT2D eigenvalue weighted by Crippen LogP contribution is 2.22. The fraction of sp³-hybridized carbons (Fsp3) is 0.250. The Morgan fingerprint density at radius 1 is 1.17 bits per heavy atom. The molecule has 152 valence electrons. The maximum absolute atomic E-state index is 12.3. The van der Waals surface area contributed by atoms with Crippen LogP contribution in [0.3, 0.4) is 0 Å². The molecule has 1 aliphatic rings. The molecule has 1 amide bonds. The first-order valence-corrected chi connectivity index (χ1v) is 10.4. The lowest BCUT2D eigenvalue weighted by Crippen LogP contribution is -2.31. The molecule has 0 fully saturated rings. The zero-order chi connectivity index (χ0) is 21.2. The van der Waals surface area contributed by atoms with Crippen molar-refractivity contribution < 1.29 is 22.7 Å². The molecular weight excluding hydrogens is 394 g/mol. The van der Waals surface area contributed by atoms with Gasteiger partial charge in [0.2, 0.25) is 0 Å². The number of carbonyl (C=O) groups excluding carboxylic acids is 2. The first-order chi connectivity index (χ1) is 13.7. The Labute approximate surface area is 169 Å². The number of esters is 1. The van der Waals surface area contributed by atoms with Crippen LogP contribution in [0.5, 0.6) is 0 Å². The number of nitrogens with zero attached hydrogens (tertiary/aromatic N) is 1. The van der Waals surface area contributed by atoms with Gasteiger partial charge >= 0.3 is 5.97 Å². The monoisotopic (exact) mass is 415 g/mol. The molecule has 0 saturated heterocycles. The number of aliphatic imine (C=N–C) groups is 1.